The summed E-state index contributed by atoms with van der Waals surface area (Å²) >= 11 is 1.64. The molecule has 0 fully saturated rings. The van der Waals surface area contributed by atoms with Gasteiger partial charge >= 0.3 is 0 Å². The molecule has 0 atom stereocenters. The highest BCUT2D eigenvalue weighted by atomic mass is 32.2. The minimum atomic E-state index is 0.193. The Morgan fingerprint density at radius 1 is 1.39 bits per heavy atom. The third kappa shape index (κ3) is 2.06. The first kappa shape index (κ1) is 12.8. The van der Waals surface area contributed by atoms with Crippen molar-refractivity contribution in [3.63, 3.8) is 0 Å². The fraction of sp³-hybridized carbons (Fsp3) is 0.308. The highest BCUT2D eigenvalue weighted by Crippen LogP contribution is 2.34. The predicted molar refractivity (Wildman–Crippen MR) is 73.4 cm³/mol. The molecule has 0 aliphatic heterocycles. The molecule has 1 aromatic heterocycles. The molecule has 0 saturated carbocycles. The van der Waals surface area contributed by atoms with Crippen LogP contribution in [0.4, 0.5) is 0 Å². The Hall–Kier alpha value is -1.62. The van der Waals surface area contributed by atoms with E-state index in [9.17, 15) is 5.11 Å². The second-order valence-corrected chi connectivity index (χ2v) is 4.84. The molecule has 2 rings (SSSR count). The maximum atomic E-state index is 9.78. The van der Waals surface area contributed by atoms with Gasteiger partial charge in [-0.15, -0.1) is 11.8 Å². The van der Waals surface area contributed by atoms with Crippen molar-refractivity contribution in [3.05, 3.63) is 23.8 Å². The van der Waals surface area contributed by atoms with E-state index in [0.29, 0.717) is 0 Å². The van der Waals surface area contributed by atoms with Gasteiger partial charge in [0, 0.05) is 23.1 Å². The number of rotatable bonds is 3. The van der Waals surface area contributed by atoms with Crippen LogP contribution in [-0.2, 0) is 7.05 Å². The molecular weight excluding hydrogens is 248 g/mol. The maximum absolute atomic E-state index is 9.78. The van der Waals surface area contributed by atoms with Crippen molar-refractivity contribution in [2.75, 3.05) is 13.4 Å². The molecule has 0 bridgehead atoms. The van der Waals surface area contributed by atoms with Crippen molar-refractivity contribution in [2.24, 2.45) is 7.05 Å². The van der Waals surface area contributed by atoms with Crippen LogP contribution in [0.15, 0.2) is 23.1 Å². The minimum absolute atomic E-state index is 0.193. The number of aromatic nitrogens is 2. The zero-order valence-electron chi connectivity index (χ0n) is 10.9. The Morgan fingerprint density at radius 3 is 2.61 bits per heavy atom. The SMILES string of the molecule is COc1cc(-c2nn(C)c(O)c2C)ccc1SC. The van der Waals surface area contributed by atoms with E-state index in [2.05, 4.69) is 5.10 Å². The van der Waals surface area contributed by atoms with Crippen molar-refractivity contribution < 1.29 is 9.84 Å². The van der Waals surface area contributed by atoms with Crippen LogP contribution < -0.4 is 4.74 Å². The van der Waals surface area contributed by atoms with E-state index in [4.69, 9.17) is 4.74 Å². The van der Waals surface area contributed by atoms with Gasteiger partial charge in [-0.05, 0) is 25.3 Å². The van der Waals surface area contributed by atoms with Crippen LogP contribution in [0.3, 0.4) is 0 Å². The molecular formula is C13H16N2O2S. The highest BCUT2D eigenvalue weighted by Gasteiger charge is 2.14. The van der Waals surface area contributed by atoms with E-state index in [1.54, 1.807) is 25.9 Å². The van der Waals surface area contributed by atoms with Gasteiger partial charge in [0.25, 0.3) is 0 Å². The number of ether oxygens (including phenoxy) is 1. The van der Waals surface area contributed by atoms with Gasteiger partial charge in [-0.3, -0.25) is 0 Å². The topological polar surface area (TPSA) is 47.3 Å². The van der Waals surface area contributed by atoms with Gasteiger partial charge in [0.2, 0.25) is 5.88 Å². The summed E-state index contributed by atoms with van der Waals surface area (Å²) in [5.41, 5.74) is 2.50. The van der Waals surface area contributed by atoms with Gasteiger partial charge in [-0.2, -0.15) is 5.10 Å². The normalized spacial score (nSPS) is 10.7. The molecule has 0 radical (unpaired) electrons. The summed E-state index contributed by atoms with van der Waals surface area (Å²) in [5, 5.41) is 14.1. The smallest absolute Gasteiger partial charge is 0.212 e. The molecule has 1 aromatic carbocycles. The van der Waals surface area contributed by atoms with Crippen LogP contribution in [-0.4, -0.2) is 28.3 Å². The molecule has 0 aliphatic rings. The summed E-state index contributed by atoms with van der Waals surface area (Å²) in [5.74, 6) is 1.02. The number of aryl methyl sites for hydroxylation is 1. The molecule has 18 heavy (non-hydrogen) atoms. The fourth-order valence-corrected chi connectivity index (χ4v) is 2.43. The van der Waals surface area contributed by atoms with Crippen molar-refractivity contribution >= 4 is 11.8 Å². The van der Waals surface area contributed by atoms with Crippen LogP contribution in [0.2, 0.25) is 0 Å². The lowest BCUT2D eigenvalue weighted by molar-refractivity contribution is 0.405. The van der Waals surface area contributed by atoms with Gasteiger partial charge in [-0.25, -0.2) is 4.68 Å². The zero-order chi connectivity index (χ0) is 13.3. The van der Waals surface area contributed by atoms with Crippen LogP contribution >= 0.6 is 11.8 Å². The van der Waals surface area contributed by atoms with Gasteiger partial charge in [-0.1, -0.05) is 6.07 Å². The number of nitrogens with zero attached hydrogens (tertiary/aromatic N) is 2. The monoisotopic (exact) mass is 264 g/mol. The van der Waals surface area contributed by atoms with E-state index in [0.717, 1.165) is 27.5 Å². The first-order valence-corrected chi connectivity index (χ1v) is 6.76. The number of benzene rings is 1. The van der Waals surface area contributed by atoms with Crippen molar-refractivity contribution in [2.45, 2.75) is 11.8 Å². The van der Waals surface area contributed by atoms with Crippen molar-refractivity contribution in [1.29, 1.82) is 0 Å². The van der Waals surface area contributed by atoms with Gasteiger partial charge in [0.15, 0.2) is 0 Å². The maximum Gasteiger partial charge on any atom is 0.212 e. The first-order chi connectivity index (χ1) is 8.58. The van der Waals surface area contributed by atoms with Gasteiger partial charge in [0.05, 0.1) is 12.8 Å². The van der Waals surface area contributed by atoms with E-state index in [1.807, 2.05) is 31.4 Å². The molecule has 0 amide bonds. The standard InChI is InChI=1S/C13H16N2O2S/c1-8-12(14-15(2)13(8)16)9-5-6-11(18-4)10(7-9)17-3/h5-7,16H,1-4H3. The molecule has 0 unspecified atom stereocenters. The predicted octanol–water partition coefficient (Wildman–Crippen LogP) is 2.83. The molecule has 1 N–H and O–H groups in total. The summed E-state index contributed by atoms with van der Waals surface area (Å²) in [7, 11) is 3.38. The fourth-order valence-electron chi connectivity index (χ4n) is 1.88. The number of methoxy groups -OCH3 is 1. The second-order valence-electron chi connectivity index (χ2n) is 3.99. The Morgan fingerprint density at radius 2 is 2.11 bits per heavy atom. The largest absolute Gasteiger partial charge is 0.496 e. The molecule has 96 valence electrons. The minimum Gasteiger partial charge on any atom is -0.496 e. The number of aromatic hydroxyl groups is 1. The van der Waals surface area contributed by atoms with E-state index < -0.39 is 0 Å². The van der Waals surface area contributed by atoms with Crippen LogP contribution in [0.25, 0.3) is 11.3 Å². The summed E-state index contributed by atoms with van der Waals surface area (Å²) in [6.45, 7) is 1.85. The molecule has 1 heterocycles. The van der Waals surface area contributed by atoms with E-state index in [1.165, 1.54) is 4.68 Å². The van der Waals surface area contributed by atoms with Crippen molar-refractivity contribution in [1.82, 2.24) is 9.78 Å². The summed E-state index contributed by atoms with van der Waals surface area (Å²) in [6.07, 6.45) is 2.01. The van der Waals surface area contributed by atoms with Crippen LogP contribution in [0.1, 0.15) is 5.56 Å². The number of thioether (sulfide) groups is 1. The lowest BCUT2D eigenvalue weighted by atomic mass is 10.1. The Bertz CT molecular complexity index is 579. The summed E-state index contributed by atoms with van der Waals surface area (Å²) in [6, 6.07) is 5.94. The molecule has 0 aliphatic carbocycles. The summed E-state index contributed by atoms with van der Waals surface area (Å²) < 4.78 is 6.83. The van der Waals surface area contributed by atoms with Gasteiger partial charge < -0.3 is 9.84 Å². The lowest BCUT2D eigenvalue weighted by Crippen LogP contribution is -1.90. The molecule has 2 aromatic rings. The second kappa shape index (κ2) is 4.94. The third-order valence-corrected chi connectivity index (χ3v) is 3.68. The molecule has 0 saturated heterocycles. The Balaban J connectivity index is 2.54. The van der Waals surface area contributed by atoms with E-state index >= 15 is 0 Å². The van der Waals surface area contributed by atoms with E-state index in [-0.39, 0.29) is 5.88 Å². The number of hydrogen-bond acceptors (Lipinski definition) is 4. The summed E-state index contributed by atoms with van der Waals surface area (Å²) in [4.78, 5) is 1.08. The quantitative estimate of drug-likeness (QED) is 0.866. The Labute approximate surface area is 111 Å². The average molecular weight is 264 g/mol. The van der Waals surface area contributed by atoms with Crippen molar-refractivity contribution in [3.8, 4) is 22.9 Å². The van der Waals surface area contributed by atoms with Crippen LogP contribution in [0, 0.1) is 6.92 Å². The molecule has 5 heteroatoms. The average Bonchev–Trinajstić information content (AvgIpc) is 2.65. The third-order valence-electron chi connectivity index (χ3n) is 2.90. The Kier molecular flexibility index (Phi) is 3.52. The highest BCUT2D eigenvalue weighted by molar-refractivity contribution is 7.98. The van der Waals surface area contributed by atoms with Gasteiger partial charge in [0.1, 0.15) is 5.75 Å². The number of hydrogen-bond donors (Lipinski definition) is 1. The zero-order valence-corrected chi connectivity index (χ0v) is 11.7. The first-order valence-electron chi connectivity index (χ1n) is 5.53. The van der Waals surface area contributed by atoms with Crippen LogP contribution in [0.5, 0.6) is 11.6 Å². The lowest BCUT2D eigenvalue weighted by Gasteiger charge is -2.08. The molecule has 4 nitrogen and oxygen atoms in total. The molecule has 0 spiro atoms.